The molecular weight excluding hydrogens is 308 g/mol. The highest BCUT2D eigenvalue weighted by molar-refractivity contribution is 6.31. The lowest BCUT2D eigenvalue weighted by Crippen LogP contribution is -2.49. The van der Waals surface area contributed by atoms with Gasteiger partial charge in [-0.15, -0.1) is 0 Å². The van der Waals surface area contributed by atoms with Crippen LogP contribution in [0.1, 0.15) is 36.7 Å². The van der Waals surface area contributed by atoms with Gasteiger partial charge in [0.15, 0.2) is 0 Å². The van der Waals surface area contributed by atoms with Crippen LogP contribution < -0.4 is 5.32 Å². The summed E-state index contributed by atoms with van der Waals surface area (Å²) < 4.78 is 0. The Labute approximate surface area is 140 Å². The molecule has 4 rings (SSSR count). The Hall–Kier alpha value is -1.81. The van der Waals surface area contributed by atoms with E-state index in [2.05, 4.69) is 34.6 Å². The molecule has 1 aromatic heterocycles. The Morgan fingerprint density at radius 3 is 2.57 bits per heavy atom. The predicted molar refractivity (Wildman–Crippen MR) is 93.4 cm³/mol. The van der Waals surface area contributed by atoms with Gasteiger partial charge in [0.2, 0.25) is 0 Å². The summed E-state index contributed by atoms with van der Waals surface area (Å²) in [5.41, 5.74) is 2.86. The number of H-pyrrole nitrogens is 1. The molecule has 1 aliphatic carbocycles. The lowest BCUT2D eigenvalue weighted by molar-refractivity contribution is 0.0485. The lowest BCUT2D eigenvalue weighted by atomic mass is 9.71. The summed E-state index contributed by atoms with van der Waals surface area (Å²) in [5.74, 6) is 0. The van der Waals surface area contributed by atoms with E-state index in [1.54, 1.807) is 0 Å². The number of aromatic nitrogens is 1. The topological polar surface area (TPSA) is 48.0 Å². The second-order valence-corrected chi connectivity index (χ2v) is 6.74. The van der Waals surface area contributed by atoms with Crippen LogP contribution in [0.2, 0.25) is 5.02 Å². The summed E-state index contributed by atoms with van der Waals surface area (Å²) in [5, 5.41) is 15.8. The minimum atomic E-state index is -0.735. The molecule has 1 atom stereocenters. The van der Waals surface area contributed by atoms with Gasteiger partial charge in [0, 0.05) is 21.5 Å². The maximum atomic E-state index is 10.7. The summed E-state index contributed by atoms with van der Waals surface area (Å²) in [4.78, 5) is 3.27. The summed E-state index contributed by atoms with van der Waals surface area (Å²) in [7, 11) is 0. The Kier molecular flexibility index (Phi) is 3.64. The Balaban J connectivity index is 1.61. The van der Waals surface area contributed by atoms with E-state index in [1.807, 2.05) is 30.3 Å². The van der Waals surface area contributed by atoms with E-state index in [0.29, 0.717) is 5.02 Å². The normalized spacial score (nSPS) is 17.8. The fraction of sp³-hybridized carbons (Fsp3) is 0.263. The van der Waals surface area contributed by atoms with Crippen LogP contribution in [0.4, 0.5) is 0 Å². The van der Waals surface area contributed by atoms with E-state index >= 15 is 0 Å². The van der Waals surface area contributed by atoms with Crippen molar-refractivity contribution in [1.29, 1.82) is 0 Å². The van der Waals surface area contributed by atoms with E-state index in [4.69, 9.17) is 11.6 Å². The van der Waals surface area contributed by atoms with Crippen LogP contribution >= 0.6 is 11.6 Å². The second kappa shape index (κ2) is 5.68. The molecule has 3 nitrogen and oxygen atoms in total. The first kappa shape index (κ1) is 14.8. The van der Waals surface area contributed by atoms with Gasteiger partial charge >= 0.3 is 0 Å². The maximum Gasteiger partial charge on any atom is 0.146 e. The van der Waals surface area contributed by atoms with Crippen molar-refractivity contribution in [2.24, 2.45) is 0 Å². The van der Waals surface area contributed by atoms with Gasteiger partial charge in [0.25, 0.3) is 0 Å². The second-order valence-electron chi connectivity index (χ2n) is 6.30. The van der Waals surface area contributed by atoms with Crippen LogP contribution in [0.3, 0.4) is 0 Å². The fourth-order valence-corrected chi connectivity index (χ4v) is 3.60. The quantitative estimate of drug-likeness (QED) is 0.619. The first-order chi connectivity index (χ1) is 11.2. The third-order valence-corrected chi connectivity index (χ3v) is 5.08. The molecule has 4 heteroatoms. The molecule has 3 aromatic rings. The van der Waals surface area contributed by atoms with Crippen LogP contribution in [0, 0.1) is 0 Å². The van der Waals surface area contributed by atoms with Crippen LogP contribution in [0.5, 0.6) is 0 Å². The zero-order valence-corrected chi connectivity index (χ0v) is 13.5. The SMILES string of the molecule is OC(NC1(c2ccccc2)CCC1)c1cc2cc(Cl)ccc2[nH]1. The van der Waals surface area contributed by atoms with E-state index in [-0.39, 0.29) is 5.54 Å². The number of halogens is 1. The van der Waals surface area contributed by atoms with Gasteiger partial charge in [-0.2, -0.15) is 0 Å². The standard InChI is InChI=1S/C19H19ClN2O/c20-15-7-8-16-13(11-15)12-17(21-16)18(23)22-19(9-4-10-19)14-5-2-1-3-6-14/h1-3,5-8,11-12,18,21-23H,4,9-10H2. The van der Waals surface area contributed by atoms with Gasteiger partial charge in [0.1, 0.15) is 6.23 Å². The third-order valence-electron chi connectivity index (χ3n) is 4.84. The number of benzene rings is 2. The van der Waals surface area contributed by atoms with Gasteiger partial charge < -0.3 is 10.1 Å². The molecule has 1 unspecified atom stereocenters. The van der Waals surface area contributed by atoms with Crippen molar-refractivity contribution in [3.63, 3.8) is 0 Å². The van der Waals surface area contributed by atoms with Crippen LogP contribution in [-0.2, 0) is 5.54 Å². The summed E-state index contributed by atoms with van der Waals surface area (Å²) in [6.45, 7) is 0. The largest absolute Gasteiger partial charge is 0.373 e. The first-order valence-electron chi connectivity index (χ1n) is 7.96. The predicted octanol–water partition coefficient (Wildman–Crippen LogP) is 4.48. The van der Waals surface area contributed by atoms with E-state index in [0.717, 1.165) is 29.4 Å². The van der Waals surface area contributed by atoms with Gasteiger partial charge in [0.05, 0.1) is 5.69 Å². The third kappa shape index (κ3) is 2.65. The molecule has 1 heterocycles. The first-order valence-corrected chi connectivity index (χ1v) is 8.34. The van der Waals surface area contributed by atoms with Crippen molar-refractivity contribution in [2.45, 2.75) is 31.0 Å². The lowest BCUT2D eigenvalue weighted by Gasteiger charge is -2.44. The number of rotatable bonds is 4. The van der Waals surface area contributed by atoms with E-state index in [1.165, 1.54) is 12.0 Å². The number of hydrogen-bond donors (Lipinski definition) is 3. The summed E-state index contributed by atoms with van der Waals surface area (Å²) >= 11 is 6.03. The zero-order valence-electron chi connectivity index (χ0n) is 12.7. The van der Waals surface area contributed by atoms with Crippen molar-refractivity contribution in [3.05, 3.63) is 70.9 Å². The molecule has 0 spiro atoms. The molecule has 118 valence electrons. The number of nitrogens with one attached hydrogen (secondary N) is 2. The highest BCUT2D eigenvalue weighted by Crippen LogP contribution is 2.42. The van der Waals surface area contributed by atoms with E-state index < -0.39 is 6.23 Å². The van der Waals surface area contributed by atoms with Gasteiger partial charge in [-0.3, -0.25) is 5.32 Å². The molecule has 0 saturated heterocycles. The van der Waals surface area contributed by atoms with Gasteiger partial charge in [-0.1, -0.05) is 41.9 Å². The number of aliphatic hydroxyl groups excluding tert-OH is 1. The zero-order chi connectivity index (χ0) is 15.9. The monoisotopic (exact) mass is 326 g/mol. The molecule has 3 N–H and O–H groups in total. The molecule has 23 heavy (non-hydrogen) atoms. The molecule has 0 amide bonds. The smallest absolute Gasteiger partial charge is 0.146 e. The van der Waals surface area contributed by atoms with Crippen LogP contribution in [0.15, 0.2) is 54.6 Å². The molecule has 1 saturated carbocycles. The molecule has 0 bridgehead atoms. The van der Waals surface area contributed by atoms with Crippen molar-refractivity contribution in [1.82, 2.24) is 10.3 Å². The molecule has 0 radical (unpaired) electrons. The van der Waals surface area contributed by atoms with Crippen LogP contribution in [-0.4, -0.2) is 10.1 Å². The molecular formula is C19H19ClN2O. The molecule has 2 aromatic carbocycles. The van der Waals surface area contributed by atoms with Crippen molar-refractivity contribution >= 4 is 22.5 Å². The number of hydrogen-bond acceptors (Lipinski definition) is 2. The summed E-state index contributed by atoms with van der Waals surface area (Å²) in [6.07, 6.45) is 2.53. The average molecular weight is 327 g/mol. The van der Waals surface area contributed by atoms with Crippen molar-refractivity contribution < 1.29 is 5.11 Å². The maximum absolute atomic E-state index is 10.7. The van der Waals surface area contributed by atoms with Crippen molar-refractivity contribution in [2.75, 3.05) is 0 Å². The Bertz CT molecular complexity index is 824. The van der Waals surface area contributed by atoms with Crippen LogP contribution in [0.25, 0.3) is 10.9 Å². The minimum absolute atomic E-state index is 0.129. The number of aromatic amines is 1. The molecule has 0 aliphatic heterocycles. The Morgan fingerprint density at radius 2 is 1.87 bits per heavy atom. The minimum Gasteiger partial charge on any atom is -0.373 e. The average Bonchev–Trinajstić information content (AvgIpc) is 2.94. The molecule has 1 aliphatic rings. The molecule has 1 fully saturated rings. The fourth-order valence-electron chi connectivity index (χ4n) is 3.42. The summed E-state index contributed by atoms with van der Waals surface area (Å²) in [6, 6.07) is 18.0. The van der Waals surface area contributed by atoms with E-state index in [9.17, 15) is 5.11 Å². The highest BCUT2D eigenvalue weighted by Gasteiger charge is 2.40. The van der Waals surface area contributed by atoms with Gasteiger partial charge in [-0.05, 0) is 49.1 Å². The Morgan fingerprint density at radius 1 is 1.09 bits per heavy atom. The highest BCUT2D eigenvalue weighted by atomic mass is 35.5. The number of aliphatic hydroxyl groups is 1. The van der Waals surface area contributed by atoms with Crippen molar-refractivity contribution in [3.8, 4) is 0 Å². The number of fused-ring (bicyclic) bond motifs is 1. The van der Waals surface area contributed by atoms with Gasteiger partial charge in [-0.25, -0.2) is 0 Å².